The molecule has 0 aromatic carbocycles. The number of aliphatic carboxylic acids is 1. The van der Waals surface area contributed by atoms with Crippen LogP contribution in [0.15, 0.2) is 18.5 Å². The average Bonchev–Trinajstić information content (AvgIpc) is 2.25. The van der Waals surface area contributed by atoms with Gasteiger partial charge >= 0.3 is 12.1 Å². The van der Waals surface area contributed by atoms with Gasteiger partial charge in [0, 0.05) is 11.8 Å². The highest BCUT2D eigenvalue weighted by atomic mass is 19.4. The lowest BCUT2D eigenvalue weighted by Crippen LogP contribution is -2.56. The van der Waals surface area contributed by atoms with E-state index in [1.165, 1.54) is 6.20 Å². The maximum atomic E-state index is 12.9. The number of nitrogens with two attached hydrogens (primary N) is 1. The fourth-order valence-electron chi connectivity index (χ4n) is 1.38. The Labute approximate surface area is 107 Å². The van der Waals surface area contributed by atoms with Crippen molar-refractivity contribution in [3.05, 3.63) is 24.0 Å². The summed E-state index contributed by atoms with van der Waals surface area (Å²) in [4.78, 5) is 14.4. The normalized spacial score (nSPS) is 15.1. The van der Waals surface area contributed by atoms with Crippen molar-refractivity contribution in [2.45, 2.75) is 31.7 Å². The summed E-state index contributed by atoms with van der Waals surface area (Å²) in [6, 6.07) is 0.925. The van der Waals surface area contributed by atoms with E-state index in [9.17, 15) is 18.0 Å². The fourth-order valence-corrected chi connectivity index (χ4v) is 1.38. The molecule has 0 spiro atoms. The Morgan fingerprint density at radius 1 is 1.42 bits per heavy atom. The van der Waals surface area contributed by atoms with Gasteiger partial charge in [0.15, 0.2) is 0 Å². The number of carboxylic acids is 1. The minimum Gasteiger partial charge on any atom is -0.489 e. The molecule has 1 atom stereocenters. The van der Waals surface area contributed by atoms with E-state index < -0.39 is 23.2 Å². The van der Waals surface area contributed by atoms with Crippen LogP contribution < -0.4 is 10.5 Å². The third kappa shape index (κ3) is 2.95. The first-order valence-corrected chi connectivity index (χ1v) is 5.30. The maximum Gasteiger partial charge on any atom is 0.421 e. The highest BCUT2D eigenvalue weighted by Crippen LogP contribution is 2.37. The van der Waals surface area contributed by atoms with Gasteiger partial charge < -0.3 is 15.6 Å². The van der Waals surface area contributed by atoms with E-state index in [1.54, 1.807) is 13.8 Å². The molecular formula is C11H13F3N2O3. The second-order valence-corrected chi connectivity index (χ2v) is 4.19. The number of carbonyl (C=O) groups is 1. The van der Waals surface area contributed by atoms with E-state index in [0.29, 0.717) is 0 Å². The minimum atomic E-state index is -5.16. The number of carboxylic acid groups (broad SMARTS) is 1. The number of aromatic nitrogens is 1. The third-order valence-electron chi connectivity index (χ3n) is 2.32. The van der Waals surface area contributed by atoms with Crippen LogP contribution in [-0.4, -0.2) is 28.3 Å². The van der Waals surface area contributed by atoms with Crippen LogP contribution in [0.2, 0.25) is 0 Å². The molecule has 0 bridgehead atoms. The Morgan fingerprint density at radius 2 is 2.00 bits per heavy atom. The van der Waals surface area contributed by atoms with Crippen LogP contribution >= 0.6 is 0 Å². The largest absolute Gasteiger partial charge is 0.489 e. The Hall–Kier alpha value is -1.83. The molecular weight excluding hydrogens is 265 g/mol. The standard InChI is InChI=1S/C11H13F3N2O3/c1-6(2)19-8-3-7(4-16-5-8)10(15,9(17)18)11(12,13)14/h3-6H,15H2,1-2H3,(H,17,18). The van der Waals surface area contributed by atoms with Gasteiger partial charge in [-0.1, -0.05) is 0 Å². The molecule has 0 amide bonds. The van der Waals surface area contributed by atoms with Crippen LogP contribution in [0.25, 0.3) is 0 Å². The fraction of sp³-hybridized carbons (Fsp3) is 0.455. The number of pyridine rings is 1. The topological polar surface area (TPSA) is 85.4 Å². The van der Waals surface area contributed by atoms with Crippen molar-refractivity contribution in [2.75, 3.05) is 0 Å². The summed E-state index contributed by atoms with van der Waals surface area (Å²) in [7, 11) is 0. The van der Waals surface area contributed by atoms with Crippen molar-refractivity contribution in [2.24, 2.45) is 5.73 Å². The van der Waals surface area contributed by atoms with Gasteiger partial charge in [-0.05, 0) is 19.9 Å². The highest BCUT2D eigenvalue weighted by molar-refractivity contribution is 5.81. The van der Waals surface area contributed by atoms with Gasteiger partial charge in [0.25, 0.3) is 0 Å². The molecule has 1 unspecified atom stereocenters. The van der Waals surface area contributed by atoms with Crippen LogP contribution in [0.3, 0.4) is 0 Å². The molecule has 1 heterocycles. The summed E-state index contributed by atoms with van der Waals surface area (Å²) in [6.45, 7) is 3.34. The molecule has 1 aromatic heterocycles. The number of hydrogen-bond acceptors (Lipinski definition) is 4. The van der Waals surface area contributed by atoms with Gasteiger partial charge in [-0.2, -0.15) is 13.2 Å². The predicted octanol–water partition coefficient (Wildman–Crippen LogP) is 1.67. The van der Waals surface area contributed by atoms with Crippen molar-refractivity contribution in [1.82, 2.24) is 4.98 Å². The first kappa shape index (κ1) is 15.2. The molecule has 1 aromatic rings. The lowest BCUT2D eigenvalue weighted by atomic mass is 9.91. The summed E-state index contributed by atoms with van der Waals surface area (Å²) in [5, 5.41) is 8.78. The summed E-state index contributed by atoms with van der Waals surface area (Å²) in [5.74, 6) is -2.18. The van der Waals surface area contributed by atoms with E-state index in [0.717, 1.165) is 12.3 Å². The van der Waals surface area contributed by atoms with Crippen LogP contribution in [0.5, 0.6) is 5.75 Å². The average molecular weight is 278 g/mol. The van der Waals surface area contributed by atoms with Crippen molar-refractivity contribution >= 4 is 5.97 Å². The van der Waals surface area contributed by atoms with E-state index in [-0.39, 0.29) is 11.9 Å². The Bertz CT molecular complexity index is 476. The first-order chi connectivity index (χ1) is 8.59. The minimum absolute atomic E-state index is 0.0211. The number of hydrogen-bond donors (Lipinski definition) is 2. The summed E-state index contributed by atoms with van der Waals surface area (Å²) >= 11 is 0. The predicted molar refractivity (Wildman–Crippen MR) is 59.6 cm³/mol. The van der Waals surface area contributed by atoms with Gasteiger partial charge in [0.1, 0.15) is 5.75 Å². The van der Waals surface area contributed by atoms with Crippen LogP contribution in [0.1, 0.15) is 19.4 Å². The molecule has 1 rings (SSSR count). The molecule has 0 aliphatic rings. The summed E-state index contributed by atoms with van der Waals surface area (Å²) < 4.78 is 43.7. The zero-order valence-electron chi connectivity index (χ0n) is 10.2. The first-order valence-electron chi connectivity index (χ1n) is 5.30. The number of rotatable bonds is 4. The third-order valence-corrected chi connectivity index (χ3v) is 2.32. The van der Waals surface area contributed by atoms with E-state index >= 15 is 0 Å². The number of ether oxygens (including phenoxy) is 1. The van der Waals surface area contributed by atoms with E-state index in [1.807, 2.05) is 0 Å². The second kappa shape index (κ2) is 5.04. The molecule has 5 nitrogen and oxygen atoms in total. The quantitative estimate of drug-likeness (QED) is 0.875. The molecule has 0 fully saturated rings. The second-order valence-electron chi connectivity index (χ2n) is 4.19. The zero-order chi connectivity index (χ0) is 14.8. The Balaban J connectivity index is 3.29. The summed E-state index contributed by atoms with van der Waals surface area (Å²) in [5.41, 5.74) is 0.812. The molecule has 19 heavy (non-hydrogen) atoms. The molecule has 106 valence electrons. The number of nitrogens with zero attached hydrogens (tertiary/aromatic N) is 1. The van der Waals surface area contributed by atoms with Crippen LogP contribution in [0, 0.1) is 0 Å². The highest BCUT2D eigenvalue weighted by Gasteiger charge is 2.59. The Morgan fingerprint density at radius 3 is 2.42 bits per heavy atom. The van der Waals surface area contributed by atoms with Crippen molar-refractivity contribution in [3.63, 3.8) is 0 Å². The van der Waals surface area contributed by atoms with Gasteiger partial charge in [-0.15, -0.1) is 0 Å². The number of halogens is 3. The molecule has 0 aliphatic heterocycles. The molecule has 0 saturated carbocycles. The number of alkyl halides is 3. The van der Waals surface area contributed by atoms with Gasteiger partial charge in [0.05, 0.1) is 12.3 Å². The molecule has 0 saturated heterocycles. The van der Waals surface area contributed by atoms with Crippen LogP contribution in [-0.2, 0) is 10.3 Å². The smallest absolute Gasteiger partial charge is 0.421 e. The summed E-state index contributed by atoms with van der Waals surface area (Å²) in [6.07, 6.45) is -3.51. The molecule has 0 radical (unpaired) electrons. The zero-order valence-corrected chi connectivity index (χ0v) is 10.2. The van der Waals surface area contributed by atoms with Crippen molar-refractivity contribution < 1.29 is 27.8 Å². The lowest BCUT2D eigenvalue weighted by molar-refractivity contribution is -0.204. The van der Waals surface area contributed by atoms with E-state index in [2.05, 4.69) is 4.98 Å². The Kier molecular flexibility index (Phi) is 4.04. The van der Waals surface area contributed by atoms with Gasteiger partial charge in [0.2, 0.25) is 5.54 Å². The molecule has 0 aliphatic carbocycles. The lowest BCUT2D eigenvalue weighted by Gasteiger charge is -2.27. The SMILES string of the molecule is CC(C)Oc1cncc(C(N)(C(=O)O)C(F)(F)F)c1. The monoisotopic (exact) mass is 278 g/mol. The maximum absolute atomic E-state index is 12.9. The molecule has 8 heteroatoms. The van der Waals surface area contributed by atoms with E-state index in [4.69, 9.17) is 15.6 Å². The van der Waals surface area contributed by atoms with Crippen molar-refractivity contribution in [1.29, 1.82) is 0 Å². The van der Waals surface area contributed by atoms with Crippen LogP contribution in [0.4, 0.5) is 13.2 Å². The van der Waals surface area contributed by atoms with Gasteiger partial charge in [-0.3, -0.25) is 4.98 Å². The molecule has 3 N–H and O–H groups in total. The van der Waals surface area contributed by atoms with Crippen molar-refractivity contribution in [3.8, 4) is 5.75 Å². The van der Waals surface area contributed by atoms with Gasteiger partial charge in [-0.25, -0.2) is 4.79 Å².